The molecule has 2 rings (SSSR count). The van der Waals surface area contributed by atoms with Gasteiger partial charge in [0, 0.05) is 5.41 Å². The Labute approximate surface area is 256 Å². The molecule has 1 saturated carbocycles. The summed E-state index contributed by atoms with van der Waals surface area (Å²) >= 11 is 0. The Morgan fingerprint density at radius 2 is 1.49 bits per heavy atom. The summed E-state index contributed by atoms with van der Waals surface area (Å²) in [6, 6.07) is 9.64. The molecule has 0 nitrogen and oxygen atoms in total. The normalized spacial score (nSPS) is 16.0. The fraction of sp³-hybridized carbons (Fsp3) is 0.610. The highest BCUT2D eigenvalue weighted by Gasteiger charge is 2.33. The number of unbranched alkanes of at least 4 members (excludes halogenated alkanes) is 3. The van der Waals surface area contributed by atoms with Crippen LogP contribution >= 0.6 is 0 Å². The van der Waals surface area contributed by atoms with Gasteiger partial charge in [0.1, 0.15) is 0 Å². The molecule has 228 valence electrons. The van der Waals surface area contributed by atoms with E-state index in [2.05, 4.69) is 113 Å². The minimum atomic E-state index is -0.0792. The van der Waals surface area contributed by atoms with Gasteiger partial charge in [0.25, 0.3) is 0 Å². The van der Waals surface area contributed by atoms with E-state index >= 15 is 0 Å². The summed E-state index contributed by atoms with van der Waals surface area (Å²) in [5, 5.41) is 0. The molecule has 1 aliphatic carbocycles. The molecule has 0 bridgehead atoms. The van der Waals surface area contributed by atoms with E-state index in [1.807, 2.05) is 0 Å². The Bertz CT molecular complexity index is 1110. The van der Waals surface area contributed by atoms with Crippen LogP contribution in [-0.4, -0.2) is 0 Å². The predicted molar refractivity (Wildman–Crippen MR) is 186 cm³/mol. The summed E-state index contributed by atoms with van der Waals surface area (Å²) in [6.45, 7) is 30.5. The van der Waals surface area contributed by atoms with Crippen LogP contribution in [0.4, 0.5) is 0 Å². The molecule has 0 amide bonds. The van der Waals surface area contributed by atoms with E-state index in [0.29, 0.717) is 5.92 Å². The van der Waals surface area contributed by atoms with Gasteiger partial charge >= 0.3 is 0 Å². The first-order valence-electron chi connectivity index (χ1n) is 16.9. The van der Waals surface area contributed by atoms with Crippen molar-refractivity contribution in [1.29, 1.82) is 0 Å². The van der Waals surface area contributed by atoms with Gasteiger partial charge in [-0.2, -0.15) is 0 Å². The maximum atomic E-state index is 4.74. The van der Waals surface area contributed by atoms with Crippen LogP contribution in [0, 0.1) is 11.3 Å². The standard InChI is InChI=1S/C41H64/c1-13-17-20-33(16-4)38(22-19-15-3)34-25-27-37(28-26-34)41(11,12)39(35-23-24-35)30(5)29-36(21-18-14-2)31(6)32(7)40(8,9)10/h22,25-29,33H,5,13-21,23-24H2,1-4,6-12H3. The van der Waals surface area contributed by atoms with Gasteiger partial charge < -0.3 is 0 Å². The Kier molecular flexibility index (Phi) is 13.7. The zero-order valence-electron chi connectivity index (χ0n) is 29.0. The molecular formula is C41H64. The largest absolute Gasteiger partial charge is 0.0914 e. The van der Waals surface area contributed by atoms with E-state index in [0.717, 1.165) is 12.8 Å². The molecule has 0 saturated heterocycles. The van der Waals surface area contributed by atoms with Crippen LogP contribution in [0.5, 0.6) is 0 Å². The lowest BCUT2D eigenvalue weighted by atomic mass is 9.73. The Morgan fingerprint density at radius 3 is 1.98 bits per heavy atom. The SMILES string of the molecule is C=C(C=C(CCCC)C(C)=C(C)C(C)(C)C)C(=C1CC1)C(C)(C)c1ccc(C(=CCCC)C(CC)CCCC)cc1. The van der Waals surface area contributed by atoms with Crippen molar-refractivity contribution in [3.8, 4) is 0 Å². The highest BCUT2D eigenvalue weighted by Crippen LogP contribution is 2.46. The Hall–Kier alpha value is -2.08. The molecular weight excluding hydrogens is 492 g/mol. The lowest BCUT2D eigenvalue weighted by Crippen LogP contribution is -2.22. The zero-order chi connectivity index (χ0) is 30.8. The maximum Gasteiger partial charge on any atom is 0.0151 e. The third-order valence-electron chi connectivity index (χ3n) is 9.55. The number of rotatable bonds is 16. The zero-order valence-corrected chi connectivity index (χ0v) is 29.0. The smallest absolute Gasteiger partial charge is 0.0151 e. The molecule has 1 fully saturated rings. The van der Waals surface area contributed by atoms with Crippen LogP contribution in [0.25, 0.3) is 5.57 Å². The number of hydrogen-bond donors (Lipinski definition) is 0. The van der Waals surface area contributed by atoms with E-state index in [9.17, 15) is 0 Å². The van der Waals surface area contributed by atoms with Gasteiger partial charge in [0.15, 0.2) is 0 Å². The summed E-state index contributed by atoms with van der Waals surface area (Å²) in [4.78, 5) is 0. The number of hydrogen-bond acceptors (Lipinski definition) is 0. The second kappa shape index (κ2) is 16.0. The summed E-state index contributed by atoms with van der Waals surface area (Å²) in [5.74, 6) is 0.656. The summed E-state index contributed by atoms with van der Waals surface area (Å²) < 4.78 is 0. The molecule has 0 heteroatoms. The third-order valence-corrected chi connectivity index (χ3v) is 9.55. The van der Waals surface area contributed by atoms with E-state index in [1.54, 1.807) is 11.1 Å². The van der Waals surface area contributed by atoms with Crippen LogP contribution in [-0.2, 0) is 5.41 Å². The van der Waals surface area contributed by atoms with Gasteiger partial charge in [-0.15, -0.1) is 0 Å². The van der Waals surface area contributed by atoms with E-state index in [4.69, 9.17) is 6.58 Å². The van der Waals surface area contributed by atoms with Gasteiger partial charge in [0.05, 0.1) is 0 Å². The second-order valence-corrected chi connectivity index (χ2v) is 14.2. The molecule has 0 N–H and O–H groups in total. The van der Waals surface area contributed by atoms with Crippen molar-refractivity contribution in [2.24, 2.45) is 11.3 Å². The van der Waals surface area contributed by atoms with Crippen LogP contribution in [0.1, 0.15) is 158 Å². The topological polar surface area (TPSA) is 0 Å². The monoisotopic (exact) mass is 557 g/mol. The fourth-order valence-corrected chi connectivity index (χ4v) is 6.28. The van der Waals surface area contributed by atoms with Crippen molar-refractivity contribution < 1.29 is 0 Å². The van der Waals surface area contributed by atoms with Gasteiger partial charge in [0.2, 0.25) is 0 Å². The first kappa shape index (κ1) is 35.1. The van der Waals surface area contributed by atoms with Crippen molar-refractivity contribution in [3.63, 3.8) is 0 Å². The summed E-state index contributed by atoms with van der Waals surface area (Å²) in [6.07, 6.45) is 18.4. The van der Waals surface area contributed by atoms with Gasteiger partial charge in [-0.1, -0.05) is 142 Å². The second-order valence-electron chi connectivity index (χ2n) is 14.2. The number of allylic oxidation sites excluding steroid dienone is 9. The maximum absolute atomic E-state index is 4.74. The lowest BCUT2D eigenvalue weighted by molar-refractivity contribution is 0.498. The van der Waals surface area contributed by atoms with Crippen LogP contribution < -0.4 is 0 Å². The first-order chi connectivity index (χ1) is 19.3. The highest BCUT2D eigenvalue weighted by atomic mass is 14.4. The Morgan fingerprint density at radius 1 is 0.878 bits per heavy atom. The lowest BCUT2D eigenvalue weighted by Gasteiger charge is -2.31. The minimum Gasteiger partial charge on any atom is -0.0914 e. The van der Waals surface area contributed by atoms with Crippen molar-refractivity contribution in [1.82, 2.24) is 0 Å². The molecule has 41 heavy (non-hydrogen) atoms. The molecule has 1 atom stereocenters. The molecule has 1 aromatic rings. The highest BCUT2D eigenvalue weighted by molar-refractivity contribution is 5.68. The fourth-order valence-electron chi connectivity index (χ4n) is 6.28. The van der Waals surface area contributed by atoms with Gasteiger partial charge in [-0.3, -0.25) is 0 Å². The number of benzene rings is 1. The van der Waals surface area contributed by atoms with Crippen molar-refractivity contribution >= 4 is 5.57 Å². The van der Waals surface area contributed by atoms with Crippen LogP contribution in [0.15, 0.2) is 76.4 Å². The Balaban J connectivity index is 2.49. The first-order valence-corrected chi connectivity index (χ1v) is 16.9. The van der Waals surface area contributed by atoms with Gasteiger partial charge in [-0.25, -0.2) is 0 Å². The third kappa shape index (κ3) is 9.73. The minimum absolute atomic E-state index is 0.0792. The molecule has 0 heterocycles. The molecule has 1 aliphatic rings. The average Bonchev–Trinajstić information content (AvgIpc) is 3.76. The molecule has 1 aromatic carbocycles. The van der Waals surface area contributed by atoms with Crippen molar-refractivity contribution in [2.75, 3.05) is 0 Å². The summed E-state index contributed by atoms with van der Waals surface area (Å²) in [5.41, 5.74) is 13.2. The average molecular weight is 557 g/mol. The van der Waals surface area contributed by atoms with E-state index < -0.39 is 0 Å². The molecule has 0 radical (unpaired) electrons. The predicted octanol–water partition coefficient (Wildman–Crippen LogP) is 13.5. The van der Waals surface area contributed by atoms with E-state index in [-0.39, 0.29) is 10.8 Å². The van der Waals surface area contributed by atoms with Crippen molar-refractivity contribution in [2.45, 2.75) is 152 Å². The molecule has 1 unspecified atom stereocenters. The molecule has 0 aromatic heterocycles. The van der Waals surface area contributed by atoms with E-state index in [1.165, 1.54) is 96.8 Å². The van der Waals surface area contributed by atoms with Crippen LogP contribution in [0.2, 0.25) is 0 Å². The molecule has 0 aliphatic heterocycles. The summed E-state index contributed by atoms with van der Waals surface area (Å²) in [7, 11) is 0. The molecule has 0 spiro atoms. The van der Waals surface area contributed by atoms with Crippen molar-refractivity contribution in [3.05, 3.63) is 87.6 Å². The quantitative estimate of drug-likeness (QED) is 0.178. The van der Waals surface area contributed by atoms with Crippen LogP contribution in [0.3, 0.4) is 0 Å². The van der Waals surface area contributed by atoms with Gasteiger partial charge in [-0.05, 0) is 109 Å².